The predicted molar refractivity (Wildman–Crippen MR) is 119 cm³/mol. The van der Waals surface area contributed by atoms with Gasteiger partial charge in [0.2, 0.25) is 11.5 Å². The van der Waals surface area contributed by atoms with E-state index in [1.807, 2.05) is 0 Å². The second-order valence-electron chi connectivity index (χ2n) is 6.34. The topological polar surface area (TPSA) is 160 Å². The number of aromatic nitrogens is 2. The number of nitrogen functional groups attached to an aromatic ring is 1. The van der Waals surface area contributed by atoms with Crippen LogP contribution in [0.4, 0.5) is 5.13 Å². The van der Waals surface area contributed by atoms with E-state index in [0.717, 1.165) is 16.4 Å². The number of hydrogen-bond donors (Lipinski definition) is 3. The molecule has 1 unspecified atom stereocenters. The standard InChI is InChI=1S/C17H12Cl2N6O5S2/c18-7-2-1-6(5-8(7)19)30-23-10(12-22-17(20)32-24-12)13(26)21-11-14(27)25-9(16(28)29)3-4-31-15(11)25/h1-3,5,11,15H,4H2,(H,21,26)(H,28,29)(H2,20,22,24)/b23-10-/t11?,15-/m1/s1. The van der Waals surface area contributed by atoms with Gasteiger partial charge in [-0.3, -0.25) is 14.5 Å². The van der Waals surface area contributed by atoms with Crippen LogP contribution in [0.25, 0.3) is 0 Å². The fourth-order valence-electron chi connectivity index (χ4n) is 2.89. The van der Waals surface area contributed by atoms with Gasteiger partial charge in [0.1, 0.15) is 17.1 Å². The molecular weight excluding hydrogens is 503 g/mol. The van der Waals surface area contributed by atoms with Crippen molar-refractivity contribution in [1.82, 2.24) is 19.6 Å². The summed E-state index contributed by atoms with van der Waals surface area (Å²) in [6.07, 6.45) is 1.44. The lowest BCUT2D eigenvalue weighted by Gasteiger charge is -2.48. The van der Waals surface area contributed by atoms with Crippen LogP contribution in [0.1, 0.15) is 5.82 Å². The number of nitrogens with two attached hydrogens (primary N) is 1. The number of carboxylic acid groups (broad SMARTS) is 1. The number of β-lactam (4-membered cyclic amide) rings is 1. The van der Waals surface area contributed by atoms with Gasteiger partial charge in [0, 0.05) is 23.4 Å². The molecule has 0 saturated carbocycles. The van der Waals surface area contributed by atoms with Gasteiger partial charge >= 0.3 is 5.97 Å². The van der Waals surface area contributed by atoms with Crippen molar-refractivity contribution in [3.05, 3.63) is 45.8 Å². The highest BCUT2D eigenvalue weighted by molar-refractivity contribution is 8.00. The second-order valence-corrected chi connectivity index (χ2v) is 9.09. The van der Waals surface area contributed by atoms with Crippen molar-refractivity contribution < 1.29 is 24.3 Å². The molecule has 1 saturated heterocycles. The van der Waals surface area contributed by atoms with Gasteiger partial charge in [0.15, 0.2) is 10.9 Å². The molecule has 1 fully saturated rings. The van der Waals surface area contributed by atoms with E-state index in [1.165, 1.54) is 36.0 Å². The number of nitrogens with zero attached hydrogens (tertiary/aromatic N) is 4. The van der Waals surface area contributed by atoms with E-state index in [-0.39, 0.29) is 33.1 Å². The van der Waals surface area contributed by atoms with Crippen LogP contribution in [0.3, 0.4) is 0 Å². The first-order valence-corrected chi connectivity index (χ1v) is 11.3. The number of amides is 2. The number of halogens is 2. The fraction of sp³-hybridized carbons (Fsp3) is 0.176. The van der Waals surface area contributed by atoms with Crippen LogP contribution in [0.15, 0.2) is 35.1 Å². The lowest BCUT2D eigenvalue weighted by atomic mass is 10.0. The Labute approximate surface area is 198 Å². The first-order chi connectivity index (χ1) is 15.3. The lowest BCUT2D eigenvalue weighted by Crippen LogP contribution is -2.70. The molecule has 11 nitrogen and oxygen atoms in total. The van der Waals surface area contributed by atoms with Crippen molar-refractivity contribution >= 4 is 75.1 Å². The summed E-state index contributed by atoms with van der Waals surface area (Å²) in [4.78, 5) is 47.1. The van der Waals surface area contributed by atoms with Crippen LogP contribution in [0, 0.1) is 0 Å². The summed E-state index contributed by atoms with van der Waals surface area (Å²) in [6, 6.07) is 3.42. The van der Waals surface area contributed by atoms with Crippen molar-refractivity contribution in [3.8, 4) is 5.75 Å². The van der Waals surface area contributed by atoms with Gasteiger partial charge in [0.25, 0.3) is 11.8 Å². The molecule has 0 radical (unpaired) electrons. The Kier molecular flexibility index (Phi) is 6.24. The average molecular weight is 515 g/mol. The normalized spacial score (nSPS) is 20.2. The SMILES string of the molecule is Nc1nc(/C(=N/Oc2ccc(Cl)c(Cl)c2)C(=O)NC2C(=O)N3C(C(=O)O)=CCS[C@H]23)ns1. The molecule has 4 N–H and O–H groups in total. The number of hydrogen-bond acceptors (Lipinski definition) is 10. The van der Waals surface area contributed by atoms with Crippen LogP contribution in [-0.4, -0.2) is 60.0 Å². The minimum absolute atomic E-state index is 0.0972. The highest BCUT2D eigenvalue weighted by Crippen LogP contribution is 2.37. The molecule has 15 heteroatoms. The Balaban J connectivity index is 1.55. The van der Waals surface area contributed by atoms with Crippen molar-refractivity contribution in [2.45, 2.75) is 11.4 Å². The van der Waals surface area contributed by atoms with Gasteiger partial charge in [-0.15, -0.1) is 11.8 Å². The van der Waals surface area contributed by atoms with Crippen molar-refractivity contribution in [3.63, 3.8) is 0 Å². The molecule has 2 aliphatic heterocycles. The maximum atomic E-state index is 12.9. The van der Waals surface area contributed by atoms with Crippen LogP contribution in [-0.2, 0) is 14.4 Å². The van der Waals surface area contributed by atoms with Gasteiger partial charge in [-0.05, 0) is 18.2 Å². The first-order valence-electron chi connectivity index (χ1n) is 8.75. The van der Waals surface area contributed by atoms with Crippen molar-refractivity contribution in [2.24, 2.45) is 5.16 Å². The maximum absolute atomic E-state index is 12.9. The molecule has 2 aliphatic rings. The number of oxime groups is 1. The number of carbonyl (C=O) groups excluding carboxylic acids is 2. The molecule has 1 aromatic heterocycles. The quantitative estimate of drug-likeness (QED) is 0.295. The zero-order chi connectivity index (χ0) is 23.0. The summed E-state index contributed by atoms with van der Waals surface area (Å²) in [5, 5.41) is 15.7. The molecule has 166 valence electrons. The molecule has 0 aliphatic carbocycles. The summed E-state index contributed by atoms with van der Waals surface area (Å²) < 4.78 is 3.97. The third kappa shape index (κ3) is 4.24. The summed E-state index contributed by atoms with van der Waals surface area (Å²) >= 11 is 14.0. The van der Waals surface area contributed by atoms with Gasteiger partial charge in [-0.1, -0.05) is 28.4 Å². The highest BCUT2D eigenvalue weighted by Gasteiger charge is 2.53. The number of carboxylic acids is 1. The third-order valence-electron chi connectivity index (χ3n) is 4.35. The van der Waals surface area contributed by atoms with E-state index in [9.17, 15) is 19.5 Å². The zero-order valence-corrected chi connectivity index (χ0v) is 18.8. The Hall–Kier alpha value is -2.87. The predicted octanol–water partition coefficient (Wildman–Crippen LogP) is 1.58. The summed E-state index contributed by atoms with van der Waals surface area (Å²) in [6.45, 7) is 0. The number of fused-ring (bicyclic) bond motifs is 1. The molecule has 4 rings (SSSR count). The van der Waals surface area contributed by atoms with Crippen LogP contribution >= 0.6 is 46.5 Å². The number of nitrogens with one attached hydrogen (secondary N) is 1. The summed E-state index contributed by atoms with van der Waals surface area (Å²) in [5.74, 6) is -2.09. The maximum Gasteiger partial charge on any atom is 0.352 e. The highest BCUT2D eigenvalue weighted by atomic mass is 35.5. The van der Waals surface area contributed by atoms with Gasteiger partial charge < -0.3 is 21.0 Å². The minimum Gasteiger partial charge on any atom is -0.477 e. The van der Waals surface area contributed by atoms with E-state index >= 15 is 0 Å². The number of benzene rings is 1. The van der Waals surface area contributed by atoms with Gasteiger partial charge in [0.05, 0.1) is 10.0 Å². The Morgan fingerprint density at radius 1 is 1.34 bits per heavy atom. The van der Waals surface area contributed by atoms with E-state index in [0.29, 0.717) is 10.8 Å². The van der Waals surface area contributed by atoms with E-state index in [1.54, 1.807) is 0 Å². The molecule has 0 spiro atoms. The molecule has 3 heterocycles. The molecular formula is C17H12Cl2N6O5S2. The van der Waals surface area contributed by atoms with Gasteiger partial charge in [-0.25, -0.2) is 4.79 Å². The summed E-state index contributed by atoms with van der Waals surface area (Å²) in [5.41, 5.74) is 5.17. The largest absolute Gasteiger partial charge is 0.477 e. The molecule has 2 amide bonds. The number of thioether (sulfide) groups is 1. The number of carbonyl (C=O) groups is 3. The third-order valence-corrected chi connectivity index (χ3v) is 6.82. The van der Waals surface area contributed by atoms with E-state index in [2.05, 4.69) is 19.8 Å². The number of aliphatic carboxylic acids is 1. The Morgan fingerprint density at radius 2 is 2.12 bits per heavy atom. The average Bonchev–Trinajstić information content (AvgIpc) is 3.19. The number of anilines is 1. The Morgan fingerprint density at radius 3 is 2.78 bits per heavy atom. The van der Waals surface area contributed by atoms with Crippen molar-refractivity contribution in [2.75, 3.05) is 11.5 Å². The zero-order valence-electron chi connectivity index (χ0n) is 15.7. The van der Waals surface area contributed by atoms with E-state index in [4.69, 9.17) is 33.8 Å². The smallest absolute Gasteiger partial charge is 0.352 e. The van der Waals surface area contributed by atoms with Crippen LogP contribution < -0.4 is 15.9 Å². The monoisotopic (exact) mass is 514 g/mol. The van der Waals surface area contributed by atoms with Crippen LogP contribution in [0.2, 0.25) is 10.0 Å². The lowest BCUT2D eigenvalue weighted by molar-refractivity contribution is -0.150. The molecule has 2 aromatic rings. The summed E-state index contributed by atoms with van der Waals surface area (Å²) in [7, 11) is 0. The minimum atomic E-state index is -1.21. The van der Waals surface area contributed by atoms with Gasteiger partial charge in [-0.2, -0.15) is 9.36 Å². The fourth-order valence-corrected chi connectivity index (χ4v) is 4.81. The second kappa shape index (κ2) is 8.94. The molecule has 2 atom stereocenters. The number of rotatable bonds is 6. The van der Waals surface area contributed by atoms with E-state index < -0.39 is 29.2 Å². The Bertz CT molecular complexity index is 1190. The first kappa shape index (κ1) is 22.3. The molecule has 1 aromatic carbocycles. The van der Waals surface area contributed by atoms with Crippen LogP contribution in [0.5, 0.6) is 5.75 Å². The molecule has 32 heavy (non-hydrogen) atoms. The molecule has 0 bridgehead atoms. The van der Waals surface area contributed by atoms with Crippen molar-refractivity contribution in [1.29, 1.82) is 0 Å².